The first-order valence-corrected chi connectivity index (χ1v) is 9.38. The second-order valence-corrected chi connectivity index (χ2v) is 7.50. The molecule has 26 heavy (non-hydrogen) atoms. The maximum atomic E-state index is 12.7. The molecule has 0 unspecified atom stereocenters. The van der Waals surface area contributed by atoms with Crippen molar-refractivity contribution in [3.63, 3.8) is 0 Å². The van der Waals surface area contributed by atoms with E-state index in [1.165, 1.54) is 6.07 Å². The smallest absolute Gasteiger partial charge is 0.253 e. The molecule has 2 heterocycles. The summed E-state index contributed by atoms with van der Waals surface area (Å²) in [4.78, 5) is 28.7. The van der Waals surface area contributed by atoms with Crippen LogP contribution in [0.3, 0.4) is 0 Å². The van der Waals surface area contributed by atoms with Crippen molar-refractivity contribution in [2.24, 2.45) is 5.41 Å². The molecule has 3 rings (SSSR count). The van der Waals surface area contributed by atoms with Gasteiger partial charge in [0.05, 0.1) is 0 Å². The predicted molar refractivity (Wildman–Crippen MR) is 98.0 cm³/mol. The second kappa shape index (κ2) is 8.08. The molecule has 1 aromatic rings. The van der Waals surface area contributed by atoms with E-state index >= 15 is 0 Å². The number of likely N-dealkylation sites (tertiary alicyclic amines) is 2. The number of methoxy groups -OCH3 is 1. The second-order valence-electron chi connectivity index (χ2n) is 7.50. The van der Waals surface area contributed by atoms with Gasteiger partial charge in [0.2, 0.25) is 5.91 Å². The zero-order chi connectivity index (χ0) is 18.6. The van der Waals surface area contributed by atoms with Gasteiger partial charge in [-0.2, -0.15) is 0 Å². The number of ether oxygens (including phenoxy) is 1. The van der Waals surface area contributed by atoms with Crippen molar-refractivity contribution in [1.82, 2.24) is 9.80 Å². The van der Waals surface area contributed by atoms with E-state index in [0.29, 0.717) is 31.7 Å². The highest BCUT2D eigenvalue weighted by Gasteiger charge is 2.41. The van der Waals surface area contributed by atoms with Gasteiger partial charge in [-0.25, -0.2) is 0 Å². The van der Waals surface area contributed by atoms with Crippen LogP contribution in [0.4, 0.5) is 0 Å². The molecule has 0 aromatic heterocycles. The Kier molecular flexibility index (Phi) is 5.81. The third-order valence-electron chi connectivity index (χ3n) is 5.73. The van der Waals surface area contributed by atoms with E-state index in [9.17, 15) is 14.7 Å². The summed E-state index contributed by atoms with van der Waals surface area (Å²) in [5.41, 5.74) is 0.664. The number of aromatic hydroxyl groups is 1. The van der Waals surface area contributed by atoms with Crippen LogP contribution in [0.1, 0.15) is 42.5 Å². The molecule has 2 aliphatic rings. The highest BCUT2D eigenvalue weighted by atomic mass is 16.5. The van der Waals surface area contributed by atoms with Crippen molar-refractivity contribution >= 4 is 11.8 Å². The quantitative estimate of drug-likeness (QED) is 0.818. The van der Waals surface area contributed by atoms with Crippen molar-refractivity contribution in [2.45, 2.75) is 32.1 Å². The summed E-state index contributed by atoms with van der Waals surface area (Å²) in [7, 11) is 1.68. The van der Waals surface area contributed by atoms with Crippen LogP contribution in [0.25, 0.3) is 0 Å². The first kappa shape index (κ1) is 18.7. The third kappa shape index (κ3) is 4.18. The van der Waals surface area contributed by atoms with Gasteiger partial charge in [-0.15, -0.1) is 0 Å². The minimum Gasteiger partial charge on any atom is -0.508 e. The SMILES string of the molecule is COCCCN1CC2(CCC1=O)CCN(C(=O)c1cccc(O)c1)CC2. The molecule has 2 saturated heterocycles. The van der Waals surface area contributed by atoms with Gasteiger partial charge in [-0.3, -0.25) is 9.59 Å². The van der Waals surface area contributed by atoms with Crippen molar-refractivity contribution < 1.29 is 19.4 Å². The number of hydrogen-bond donors (Lipinski definition) is 1. The summed E-state index contributed by atoms with van der Waals surface area (Å²) >= 11 is 0. The van der Waals surface area contributed by atoms with Gasteiger partial charge in [0.1, 0.15) is 5.75 Å². The Balaban J connectivity index is 1.58. The molecule has 6 heteroatoms. The number of benzene rings is 1. The van der Waals surface area contributed by atoms with E-state index < -0.39 is 0 Å². The summed E-state index contributed by atoms with van der Waals surface area (Å²) in [5, 5.41) is 9.58. The zero-order valence-corrected chi connectivity index (χ0v) is 15.4. The number of amides is 2. The van der Waals surface area contributed by atoms with E-state index in [2.05, 4.69) is 0 Å². The number of rotatable bonds is 5. The summed E-state index contributed by atoms with van der Waals surface area (Å²) in [6.07, 6.45) is 4.23. The Morgan fingerprint density at radius 2 is 2.04 bits per heavy atom. The number of nitrogens with zero attached hydrogens (tertiary/aromatic N) is 2. The number of carbonyl (C=O) groups excluding carboxylic acids is 2. The van der Waals surface area contributed by atoms with Crippen molar-refractivity contribution in [1.29, 1.82) is 0 Å². The Labute approximate surface area is 154 Å². The molecule has 1 N–H and O–H groups in total. The van der Waals surface area contributed by atoms with Gasteiger partial charge in [-0.05, 0) is 49.3 Å². The normalized spacial score (nSPS) is 19.8. The standard InChI is InChI=1S/C20H28N2O4/c1-26-13-3-10-22-15-20(7-6-18(22)24)8-11-21(12-9-20)19(25)16-4-2-5-17(23)14-16/h2,4-5,14,23H,3,6-13,15H2,1H3. The molecule has 2 aliphatic heterocycles. The lowest BCUT2D eigenvalue weighted by Gasteiger charge is -2.47. The highest BCUT2D eigenvalue weighted by molar-refractivity contribution is 5.94. The monoisotopic (exact) mass is 360 g/mol. The molecule has 6 nitrogen and oxygen atoms in total. The van der Waals surface area contributed by atoms with E-state index in [-0.39, 0.29) is 23.0 Å². The third-order valence-corrected chi connectivity index (χ3v) is 5.73. The van der Waals surface area contributed by atoms with Crippen LogP contribution in [0.15, 0.2) is 24.3 Å². The number of phenols is 1. The Bertz CT molecular complexity index is 653. The maximum Gasteiger partial charge on any atom is 0.253 e. The predicted octanol–water partition coefficient (Wildman–Crippen LogP) is 2.27. The van der Waals surface area contributed by atoms with E-state index in [1.54, 1.807) is 25.3 Å². The molecule has 2 fully saturated rings. The molecule has 142 valence electrons. The van der Waals surface area contributed by atoms with Crippen molar-refractivity contribution in [3.05, 3.63) is 29.8 Å². The maximum absolute atomic E-state index is 12.7. The van der Waals surface area contributed by atoms with E-state index in [1.807, 2.05) is 9.80 Å². The van der Waals surface area contributed by atoms with Crippen molar-refractivity contribution in [3.8, 4) is 5.75 Å². The lowest BCUT2D eigenvalue weighted by Crippen LogP contribution is -2.52. The summed E-state index contributed by atoms with van der Waals surface area (Å²) in [5.74, 6) is 0.325. The molecule has 0 radical (unpaired) electrons. The van der Waals surface area contributed by atoms with Gasteiger partial charge in [0, 0.05) is 51.9 Å². The molecule has 0 saturated carbocycles. The molecule has 0 bridgehead atoms. The highest BCUT2D eigenvalue weighted by Crippen LogP contribution is 2.40. The van der Waals surface area contributed by atoms with E-state index in [4.69, 9.17) is 4.74 Å². The fourth-order valence-corrected chi connectivity index (χ4v) is 4.12. The number of piperidine rings is 2. The lowest BCUT2D eigenvalue weighted by atomic mass is 9.72. The van der Waals surface area contributed by atoms with Crippen molar-refractivity contribution in [2.75, 3.05) is 39.9 Å². The van der Waals surface area contributed by atoms with Crippen LogP contribution in [-0.4, -0.2) is 66.6 Å². The van der Waals surface area contributed by atoms with Crippen LogP contribution in [-0.2, 0) is 9.53 Å². The molecule has 0 atom stereocenters. The number of carbonyl (C=O) groups is 2. The molecule has 1 aromatic carbocycles. The average Bonchev–Trinajstić information content (AvgIpc) is 2.65. The minimum atomic E-state index is -0.0282. The Hall–Kier alpha value is -2.08. The topological polar surface area (TPSA) is 70.1 Å². The fourth-order valence-electron chi connectivity index (χ4n) is 4.12. The summed E-state index contributed by atoms with van der Waals surface area (Å²) in [6, 6.07) is 6.52. The minimum absolute atomic E-state index is 0.0282. The van der Waals surface area contributed by atoms with E-state index in [0.717, 1.165) is 38.8 Å². The lowest BCUT2D eigenvalue weighted by molar-refractivity contribution is -0.139. The zero-order valence-electron chi connectivity index (χ0n) is 15.4. The molecular formula is C20H28N2O4. The van der Waals surface area contributed by atoms with Gasteiger partial charge >= 0.3 is 0 Å². The van der Waals surface area contributed by atoms with Crippen LogP contribution >= 0.6 is 0 Å². The van der Waals surface area contributed by atoms with Crippen LogP contribution < -0.4 is 0 Å². The summed E-state index contributed by atoms with van der Waals surface area (Å²) < 4.78 is 5.10. The number of hydrogen-bond acceptors (Lipinski definition) is 4. The largest absolute Gasteiger partial charge is 0.508 e. The Morgan fingerprint density at radius 1 is 1.27 bits per heavy atom. The first-order chi connectivity index (χ1) is 12.5. The molecule has 1 spiro atoms. The van der Waals surface area contributed by atoms with Crippen LogP contribution in [0.5, 0.6) is 5.75 Å². The average molecular weight is 360 g/mol. The van der Waals surface area contributed by atoms with Crippen LogP contribution in [0.2, 0.25) is 0 Å². The van der Waals surface area contributed by atoms with Gasteiger partial charge in [0.25, 0.3) is 5.91 Å². The van der Waals surface area contributed by atoms with Gasteiger partial charge in [0.15, 0.2) is 0 Å². The number of phenolic OH excluding ortho intramolecular Hbond substituents is 1. The summed E-state index contributed by atoms with van der Waals surface area (Å²) in [6.45, 7) is 3.62. The molecular weight excluding hydrogens is 332 g/mol. The van der Waals surface area contributed by atoms with Gasteiger partial charge in [-0.1, -0.05) is 6.07 Å². The Morgan fingerprint density at radius 3 is 2.73 bits per heavy atom. The fraction of sp³-hybridized carbons (Fsp3) is 0.600. The van der Waals surface area contributed by atoms with Gasteiger partial charge < -0.3 is 19.6 Å². The first-order valence-electron chi connectivity index (χ1n) is 9.38. The molecule has 2 amide bonds. The molecule has 0 aliphatic carbocycles. The van der Waals surface area contributed by atoms with Crippen LogP contribution in [0, 0.1) is 5.41 Å².